The predicted octanol–water partition coefficient (Wildman–Crippen LogP) is -0.0795. The summed E-state index contributed by atoms with van der Waals surface area (Å²) in [5.41, 5.74) is 0. The van der Waals surface area contributed by atoms with Gasteiger partial charge in [0.25, 0.3) is 0 Å². The van der Waals surface area contributed by atoms with E-state index in [0.717, 1.165) is 0 Å². The predicted molar refractivity (Wildman–Crippen MR) is 47.4 cm³/mol. The summed E-state index contributed by atoms with van der Waals surface area (Å²) in [5, 5.41) is 18.9. The van der Waals surface area contributed by atoms with Crippen molar-refractivity contribution in [3.63, 3.8) is 0 Å². The van der Waals surface area contributed by atoms with Crippen molar-refractivity contribution in [2.24, 2.45) is 0 Å². The molecule has 1 aliphatic rings. The van der Waals surface area contributed by atoms with Gasteiger partial charge in [0, 0.05) is 0 Å². The van der Waals surface area contributed by atoms with Gasteiger partial charge in [0.15, 0.2) is 0 Å². The molecule has 0 unspecified atom stereocenters. The largest absolute Gasteiger partial charge is 0.388 e. The van der Waals surface area contributed by atoms with Gasteiger partial charge < -0.3 is 19.7 Å². The monoisotopic (exact) mass is 190 g/mol. The van der Waals surface area contributed by atoms with Crippen LogP contribution in [-0.4, -0.2) is 47.3 Å². The topological polar surface area (TPSA) is 58.9 Å². The average molecular weight is 190 g/mol. The Morgan fingerprint density at radius 1 is 1.38 bits per heavy atom. The molecule has 0 saturated carbocycles. The zero-order valence-corrected chi connectivity index (χ0v) is 8.30. The Bertz CT molecular complexity index is 160. The Morgan fingerprint density at radius 3 is 2.54 bits per heavy atom. The van der Waals surface area contributed by atoms with Crippen LogP contribution in [-0.2, 0) is 9.47 Å². The smallest absolute Gasteiger partial charge is 0.112 e. The molecule has 2 N–H and O–H groups in total. The molecule has 0 radical (unpaired) electrons. The summed E-state index contributed by atoms with van der Waals surface area (Å²) < 4.78 is 10.7. The van der Waals surface area contributed by atoms with E-state index < -0.39 is 18.3 Å². The number of hydrogen-bond donors (Lipinski definition) is 2. The van der Waals surface area contributed by atoms with Crippen molar-refractivity contribution in [3.8, 4) is 0 Å². The molecule has 13 heavy (non-hydrogen) atoms. The van der Waals surface area contributed by atoms with Crippen molar-refractivity contribution in [2.45, 2.75) is 51.3 Å². The molecule has 1 aliphatic heterocycles. The van der Waals surface area contributed by atoms with Crippen molar-refractivity contribution >= 4 is 0 Å². The Kier molecular flexibility index (Phi) is 3.67. The van der Waals surface area contributed by atoms with Crippen LogP contribution in [0.5, 0.6) is 0 Å². The summed E-state index contributed by atoms with van der Waals surface area (Å²) in [7, 11) is 0. The first kappa shape index (κ1) is 10.9. The number of ether oxygens (including phenoxy) is 2. The van der Waals surface area contributed by atoms with Gasteiger partial charge in [-0.25, -0.2) is 0 Å². The third-order valence-electron chi connectivity index (χ3n) is 2.15. The highest BCUT2D eigenvalue weighted by molar-refractivity contribution is 4.86. The molecular weight excluding hydrogens is 172 g/mol. The lowest BCUT2D eigenvalue weighted by molar-refractivity contribution is -0.208. The highest BCUT2D eigenvalue weighted by Gasteiger charge is 2.37. The standard InChI is InChI=1S/C9H18O4/c1-5(2)13-9-6(3)12-4-7(10)8(9)11/h5-11H,4H2,1-3H3/t6-,7+,8-,9+/m1/s1. The van der Waals surface area contributed by atoms with E-state index in [-0.39, 0.29) is 18.8 Å². The van der Waals surface area contributed by atoms with Crippen LogP contribution >= 0.6 is 0 Å². The fourth-order valence-electron chi connectivity index (χ4n) is 1.45. The quantitative estimate of drug-likeness (QED) is 0.639. The number of hydrogen-bond acceptors (Lipinski definition) is 4. The van der Waals surface area contributed by atoms with Crippen molar-refractivity contribution in [1.82, 2.24) is 0 Å². The molecule has 0 aromatic heterocycles. The Morgan fingerprint density at radius 2 is 2.00 bits per heavy atom. The molecule has 0 spiro atoms. The van der Waals surface area contributed by atoms with Gasteiger partial charge in [-0.3, -0.25) is 0 Å². The van der Waals surface area contributed by atoms with Crippen LogP contribution in [0.3, 0.4) is 0 Å². The van der Waals surface area contributed by atoms with E-state index in [9.17, 15) is 10.2 Å². The van der Waals surface area contributed by atoms with Crippen LogP contribution in [0, 0.1) is 0 Å². The third kappa shape index (κ3) is 2.64. The molecule has 1 fully saturated rings. The van der Waals surface area contributed by atoms with Crippen LogP contribution < -0.4 is 0 Å². The maximum Gasteiger partial charge on any atom is 0.112 e. The second kappa shape index (κ2) is 4.37. The second-order valence-corrected chi connectivity index (χ2v) is 3.75. The van der Waals surface area contributed by atoms with E-state index in [1.165, 1.54) is 0 Å². The minimum atomic E-state index is -0.842. The zero-order chi connectivity index (χ0) is 10.0. The van der Waals surface area contributed by atoms with E-state index >= 15 is 0 Å². The number of rotatable bonds is 2. The maximum atomic E-state index is 9.60. The fourth-order valence-corrected chi connectivity index (χ4v) is 1.45. The van der Waals surface area contributed by atoms with Gasteiger partial charge in [0.2, 0.25) is 0 Å². The molecule has 4 atom stereocenters. The first-order chi connectivity index (χ1) is 6.02. The zero-order valence-electron chi connectivity index (χ0n) is 8.30. The van der Waals surface area contributed by atoms with Gasteiger partial charge in [-0.2, -0.15) is 0 Å². The number of aliphatic hydroxyl groups excluding tert-OH is 2. The minimum Gasteiger partial charge on any atom is -0.388 e. The molecule has 78 valence electrons. The van der Waals surface area contributed by atoms with Crippen molar-refractivity contribution in [1.29, 1.82) is 0 Å². The molecule has 4 heteroatoms. The molecule has 4 nitrogen and oxygen atoms in total. The molecule has 1 rings (SSSR count). The van der Waals surface area contributed by atoms with Gasteiger partial charge in [-0.15, -0.1) is 0 Å². The lowest BCUT2D eigenvalue weighted by Crippen LogP contribution is -2.53. The molecule has 0 aromatic carbocycles. The van der Waals surface area contributed by atoms with Crippen LogP contribution in [0.15, 0.2) is 0 Å². The summed E-state index contributed by atoms with van der Waals surface area (Å²) in [6.45, 7) is 5.79. The lowest BCUT2D eigenvalue weighted by Gasteiger charge is -2.37. The summed E-state index contributed by atoms with van der Waals surface area (Å²) in [6.07, 6.45) is -2.24. The van der Waals surface area contributed by atoms with Gasteiger partial charge in [-0.05, 0) is 20.8 Å². The molecule has 0 amide bonds. The summed E-state index contributed by atoms with van der Waals surface area (Å²) in [4.78, 5) is 0. The lowest BCUT2D eigenvalue weighted by atomic mass is 10.0. The molecule has 1 saturated heterocycles. The van der Waals surface area contributed by atoms with Crippen molar-refractivity contribution in [3.05, 3.63) is 0 Å². The molecular formula is C9H18O4. The van der Waals surface area contributed by atoms with E-state index in [4.69, 9.17) is 9.47 Å². The highest BCUT2D eigenvalue weighted by atomic mass is 16.6. The first-order valence-corrected chi connectivity index (χ1v) is 4.65. The second-order valence-electron chi connectivity index (χ2n) is 3.75. The van der Waals surface area contributed by atoms with Crippen LogP contribution in [0.1, 0.15) is 20.8 Å². The van der Waals surface area contributed by atoms with E-state index in [1.54, 1.807) is 0 Å². The molecule has 0 aliphatic carbocycles. The molecule has 1 heterocycles. The van der Waals surface area contributed by atoms with E-state index in [0.29, 0.717) is 0 Å². The van der Waals surface area contributed by atoms with E-state index in [1.807, 2.05) is 20.8 Å². The van der Waals surface area contributed by atoms with Crippen molar-refractivity contribution in [2.75, 3.05) is 6.61 Å². The molecule has 0 bridgehead atoms. The van der Waals surface area contributed by atoms with Crippen LogP contribution in [0.25, 0.3) is 0 Å². The normalized spacial score (nSPS) is 41.1. The minimum absolute atomic E-state index is 0.0241. The van der Waals surface area contributed by atoms with Gasteiger partial charge in [-0.1, -0.05) is 0 Å². The Hall–Kier alpha value is -0.160. The van der Waals surface area contributed by atoms with Crippen LogP contribution in [0.2, 0.25) is 0 Å². The molecule has 0 aromatic rings. The number of aliphatic hydroxyl groups is 2. The maximum absolute atomic E-state index is 9.60. The van der Waals surface area contributed by atoms with E-state index in [2.05, 4.69) is 0 Å². The van der Waals surface area contributed by atoms with Crippen molar-refractivity contribution < 1.29 is 19.7 Å². The summed E-state index contributed by atoms with van der Waals surface area (Å²) >= 11 is 0. The Balaban J connectivity index is 2.55. The summed E-state index contributed by atoms with van der Waals surface area (Å²) in [5.74, 6) is 0. The highest BCUT2D eigenvalue weighted by Crippen LogP contribution is 2.19. The first-order valence-electron chi connectivity index (χ1n) is 4.65. The van der Waals surface area contributed by atoms with Gasteiger partial charge in [0.1, 0.15) is 18.3 Å². The average Bonchev–Trinajstić information content (AvgIpc) is 2.05. The fraction of sp³-hybridized carbons (Fsp3) is 1.00. The van der Waals surface area contributed by atoms with Gasteiger partial charge >= 0.3 is 0 Å². The summed E-state index contributed by atoms with van der Waals surface area (Å²) in [6, 6.07) is 0. The third-order valence-corrected chi connectivity index (χ3v) is 2.15. The Labute approximate surface area is 78.5 Å². The van der Waals surface area contributed by atoms with Crippen LogP contribution in [0.4, 0.5) is 0 Å². The van der Waals surface area contributed by atoms with Gasteiger partial charge in [0.05, 0.1) is 18.8 Å². The SMILES string of the molecule is CC(C)O[C@@H]1[C@H](O)[C@@H](O)CO[C@@H]1C.